The number of aromatic hydroxyl groups is 1. The highest BCUT2D eigenvalue weighted by atomic mass is 16.6. The van der Waals surface area contributed by atoms with E-state index in [2.05, 4.69) is 10.5 Å². The average Bonchev–Trinajstić information content (AvgIpc) is 2.60. The molecule has 0 unspecified atom stereocenters. The zero-order valence-corrected chi connectivity index (χ0v) is 12.7. The minimum atomic E-state index is -0.634. The molecule has 0 fully saturated rings. The molecule has 0 aliphatic rings. The number of amides is 1. The van der Waals surface area contributed by atoms with Crippen LogP contribution in [0.1, 0.15) is 11.1 Å². The molecule has 0 bridgehead atoms. The number of carbonyl (C=O) groups excluding carboxylic acids is 1. The molecule has 0 radical (unpaired) electrons. The Morgan fingerprint density at radius 2 is 2.16 bits per heavy atom. The number of phenolic OH excluding ortho intramolecular Hbond substituents is 1. The first-order valence-corrected chi connectivity index (χ1v) is 6.92. The summed E-state index contributed by atoms with van der Waals surface area (Å²) in [6, 6.07) is 11.8. The summed E-state index contributed by atoms with van der Waals surface area (Å²) in [4.78, 5) is 21.9. The number of benzene rings is 2. The van der Waals surface area contributed by atoms with Crippen LogP contribution in [0.15, 0.2) is 47.6 Å². The van der Waals surface area contributed by atoms with Crippen LogP contribution in [0.5, 0.6) is 11.5 Å². The van der Waals surface area contributed by atoms with Gasteiger partial charge in [0, 0.05) is 6.07 Å². The minimum absolute atomic E-state index is 0.0287. The molecule has 0 heterocycles. The van der Waals surface area contributed by atoms with E-state index in [1.807, 2.05) is 6.07 Å². The third kappa shape index (κ3) is 4.77. The highest BCUT2D eigenvalue weighted by molar-refractivity contribution is 5.87. The summed E-state index contributed by atoms with van der Waals surface area (Å²) < 4.78 is 5.22. The first-order valence-electron chi connectivity index (χ1n) is 6.92. The number of phenols is 1. The third-order valence-electron chi connectivity index (χ3n) is 2.97. The van der Waals surface area contributed by atoms with Gasteiger partial charge in [0.15, 0.2) is 6.61 Å². The number of para-hydroxylation sites is 1. The maximum Gasteiger partial charge on any atom is 0.278 e. The van der Waals surface area contributed by atoms with Crippen molar-refractivity contribution in [3.63, 3.8) is 0 Å². The monoisotopic (exact) mass is 340 g/mol. The van der Waals surface area contributed by atoms with E-state index in [4.69, 9.17) is 10.00 Å². The molecule has 9 nitrogen and oxygen atoms in total. The molecule has 9 heteroatoms. The van der Waals surface area contributed by atoms with Crippen LogP contribution >= 0.6 is 0 Å². The summed E-state index contributed by atoms with van der Waals surface area (Å²) in [5, 5.41) is 32.8. The summed E-state index contributed by atoms with van der Waals surface area (Å²) >= 11 is 0. The van der Waals surface area contributed by atoms with Gasteiger partial charge in [-0.2, -0.15) is 10.4 Å². The summed E-state index contributed by atoms with van der Waals surface area (Å²) in [5.41, 5.74) is 2.19. The van der Waals surface area contributed by atoms with Gasteiger partial charge in [0.05, 0.1) is 22.3 Å². The Labute approximate surface area is 141 Å². The lowest BCUT2D eigenvalue weighted by Crippen LogP contribution is -2.24. The number of hydrogen-bond acceptors (Lipinski definition) is 7. The van der Waals surface area contributed by atoms with Crippen LogP contribution in [0.3, 0.4) is 0 Å². The SMILES string of the molecule is N#Cc1ccccc1OCC(=O)NN=Cc1cc(O)ccc1[N+](=O)[O-]. The predicted octanol–water partition coefficient (Wildman–Crippen LogP) is 1.70. The van der Waals surface area contributed by atoms with Crippen LogP contribution in [-0.4, -0.2) is 28.8 Å². The molecule has 0 aliphatic carbocycles. The molecule has 2 aromatic carbocycles. The van der Waals surface area contributed by atoms with E-state index in [1.165, 1.54) is 6.07 Å². The first kappa shape index (κ1) is 17.4. The number of nitro groups is 1. The molecule has 0 atom stereocenters. The number of nitrogens with one attached hydrogen (secondary N) is 1. The second-order valence-corrected chi connectivity index (χ2v) is 4.69. The van der Waals surface area contributed by atoms with Crippen molar-refractivity contribution in [2.24, 2.45) is 5.10 Å². The maximum atomic E-state index is 11.7. The largest absolute Gasteiger partial charge is 0.508 e. The van der Waals surface area contributed by atoms with E-state index in [0.717, 1.165) is 18.3 Å². The zero-order valence-electron chi connectivity index (χ0n) is 12.7. The van der Waals surface area contributed by atoms with E-state index < -0.39 is 17.4 Å². The van der Waals surface area contributed by atoms with Crippen LogP contribution < -0.4 is 10.2 Å². The van der Waals surface area contributed by atoms with Crippen LogP contribution in [0.25, 0.3) is 0 Å². The number of nitriles is 1. The van der Waals surface area contributed by atoms with E-state index in [-0.39, 0.29) is 28.3 Å². The molecule has 0 spiro atoms. The second kappa shape index (κ2) is 8.07. The fourth-order valence-corrected chi connectivity index (χ4v) is 1.85. The summed E-state index contributed by atoms with van der Waals surface area (Å²) in [6.45, 7) is -0.391. The van der Waals surface area contributed by atoms with Gasteiger partial charge in [-0.3, -0.25) is 14.9 Å². The number of nitrogens with zero attached hydrogens (tertiary/aromatic N) is 3. The van der Waals surface area contributed by atoms with Crippen molar-refractivity contribution in [1.29, 1.82) is 5.26 Å². The second-order valence-electron chi connectivity index (χ2n) is 4.69. The molecule has 2 rings (SSSR count). The minimum Gasteiger partial charge on any atom is -0.508 e. The molecule has 0 aromatic heterocycles. The summed E-state index contributed by atoms with van der Waals surface area (Å²) in [5.74, 6) is -0.533. The fourth-order valence-electron chi connectivity index (χ4n) is 1.85. The Balaban J connectivity index is 1.96. The van der Waals surface area contributed by atoms with E-state index in [1.54, 1.807) is 24.3 Å². The van der Waals surface area contributed by atoms with Gasteiger partial charge in [-0.1, -0.05) is 12.1 Å². The van der Waals surface area contributed by atoms with Gasteiger partial charge in [0.25, 0.3) is 11.6 Å². The van der Waals surface area contributed by atoms with Crippen molar-refractivity contribution in [1.82, 2.24) is 5.43 Å². The lowest BCUT2D eigenvalue weighted by Gasteiger charge is -2.06. The number of hydrazone groups is 1. The molecule has 0 aliphatic heterocycles. The van der Waals surface area contributed by atoms with Gasteiger partial charge in [-0.25, -0.2) is 5.43 Å². The quantitative estimate of drug-likeness (QED) is 0.466. The average molecular weight is 340 g/mol. The summed E-state index contributed by atoms with van der Waals surface area (Å²) in [7, 11) is 0. The Morgan fingerprint density at radius 3 is 2.88 bits per heavy atom. The van der Waals surface area contributed by atoms with Gasteiger partial charge in [-0.05, 0) is 24.3 Å². The Morgan fingerprint density at radius 1 is 1.40 bits per heavy atom. The Bertz CT molecular complexity index is 873. The Kier molecular flexibility index (Phi) is 5.63. The van der Waals surface area contributed by atoms with E-state index >= 15 is 0 Å². The van der Waals surface area contributed by atoms with Gasteiger partial charge in [0.2, 0.25) is 0 Å². The third-order valence-corrected chi connectivity index (χ3v) is 2.97. The standard InChI is InChI=1S/C16H12N4O5/c17-8-11-3-1-2-4-15(11)25-10-16(22)19-18-9-12-7-13(21)5-6-14(12)20(23)24/h1-7,9,21H,10H2,(H,19,22). The topological polar surface area (TPSA) is 138 Å². The first-order chi connectivity index (χ1) is 12.0. The number of nitro benzene ring substituents is 1. The van der Waals surface area contributed by atoms with Crippen LogP contribution in [0.2, 0.25) is 0 Å². The molecule has 0 saturated carbocycles. The number of carbonyl (C=O) groups is 1. The molecule has 1 amide bonds. The maximum absolute atomic E-state index is 11.7. The van der Waals surface area contributed by atoms with Crippen molar-refractivity contribution in [3.05, 3.63) is 63.7 Å². The smallest absolute Gasteiger partial charge is 0.278 e. The lowest BCUT2D eigenvalue weighted by atomic mass is 10.2. The fraction of sp³-hybridized carbons (Fsp3) is 0.0625. The van der Waals surface area contributed by atoms with Crippen molar-refractivity contribution >= 4 is 17.8 Å². The van der Waals surface area contributed by atoms with Gasteiger partial charge in [-0.15, -0.1) is 0 Å². The molecular weight excluding hydrogens is 328 g/mol. The molecule has 126 valence electrons. The highest BCUT2D eigenvalue weighted by Crippen LogP contribution is 2.21. The van der Waals surface area contributed by atoms with E-state index in [9.17, 15) is 20.0 Å². The molecule has 2 aromatic rings. The number of rotatable bonds is 6. The molecular formula is C16H12N4O5. The van der Waals surface area contributed by atoms with Crippen LogP contribution in [0, 0.1) is 21.4 Å². The number of ether oxygens (including phenoxy) is 1. The highest BCUT2D eigenvalue weighted by Gasteiger charge is 2.12. The lowest BCUT2D eigenvalue weighted by molar-refractivity contribution is -0.385. The van der Waals surface area contributed by atoms with Crippen molar-refractivity contribution in [3.8, 4) is 17.6 Å². The zero-order chi connectivity index (χ0) is 18.2. The Hall–Kier alpha value is -3.93. The summed E-state index contributed by atoms with van der Waals surface area (Å²) in [6.07, 6.45) is 1.04. The van der Waals surface area contributed by atoms with Crippen LogP contribution in [0.4, 0.5) is 5.69 Å². The predicted molar refractivity (Wildman–Crippen MR) is 87.1 cm³/mol. The number of hydrogen-bond donors (Lipinski definition) is 2. The van der Waals surface area contributed by atoms with Crippen molar-refractivity contribution in [2.75, 3.05) is 6.61 Å². The van der Waals surface area contributed by atoms with Crippen molar-refractivity contribution < 1.29 is 19.6 Å². The van der Waals surface area contributed by atoms with Gasteiger partial charge >= 0.3 is 0 Å². The molecule has 0 saturated heterocycles. The molecule has 25 heavy (non-hydrogen) atoms. The van der Waals surface area contributed by atoms with E-state index in [0.29, 0.717) is 0 Å². The normalized spacial score (nSPS) is 10.2. The molecule has 2 N–H and O–H groups in total. The van der Waals surface area contributed by atoms with Gasteiger partial charge < -0.3 is 9.84 Å². The van der Waals surface area contributed by atoms with Crippen molar-refractivity contribution in [2.45, 2.75) is 0 Å². The van der Waals surface area contributed by atoms with Crippen LogP contribution in [-0.2, 0) is 4.79 Å². The van der Waals surface area contributed by atoms with Gasteiger partial charge in [0.1, 0.15) is 17.6 Å².